The van der Waals surface area contributed by atoms with Crippen LogP contribution in [0.25, 0.3) is 0 Å². The fourth-order valence-electron chi connectivity index (χ4n) is 4.35. The molecule has 0 bridgehead atoms. The van der Waals surface area contributed by atoms with E-state index >= 15 is 0 Å². The Bertz CT molecular complexity index is 1590. The van der Waals surface area contributed by atoms with Crippen molar-refractivity contribution in [3.05, 3.63) is 40.7 Å². The lowest BCUT2D eigenvalue weighted by Crippen LogP contribution is -2.71. The van der Waals surface area contributed by atoms with Crippen molar-refractivity contribution in [1.82, 2.24) is 20.5 Å². The number of hydrogen-bond acceptors (Lipinski definition) is 13. The van der Waals surface area contributed by atoms with Gasteiger partial charge in [0, 0.05) is 16.7 Å². The molecule has 0 spiro atoms. The van der Waals surface area contributed by atoms with Gasteiger partial charge in [-0.1, -0.05) is 5.16 Å². The number of fused-ring (bicyclic) bond motifs is 2. The molecular formula is C24H25N8O8S3+. The van der Waals surface area contributed by atoms with Crippen molar-refractivity contribution in [2.24, 2.45) is 5.16 Å². The summed E-state index contributed by atoms with van der Waals surface area (Å²) < 4.78 is 1.80. The van der Waals surface area contributed by atoms with Crippen LogP contribution in [-0.2, 0) is 35.4 Å². The first-order chi connectivity index (χ1) is 20.4. The van der Waals surface area contributed by atoms with Crippen molar-refractivity contribution in [2.75, 3.05) is 16.8 Å². The molecule has 3 atom stereocenters. The van der Waals surface area contributed by atoms with Crippen LogP contribution in [0.4, 0.5) is 10.9 Å². The van der Waals surface area contributed by atoms with Crippen molar-refractivity contribution < 1.29 is 43.6 Å². The molecule has 1 saturated heterocycles. The Morgan fingerprint density at radius 2 is 2.14 bits per heavy atom. The third-order valence-corrected chi connectivity index (χ3v) is 9.61. The number of carbonyl (C=O) groups is 5. The van der Waals surface area contributed by atoms with Crippen molar-refractivity contribution in [3.63, 3.8) is 0 Å². The Morgan fingerprint density at radius 3 is 2.79 bits per heavy atom. The van der Waals surface area contributed by atoms with E-state index in [1.54, 1.807) is 16.8 Å². The maximum absolute atomic E-state index is 13.3. The number of pyridine rings is 1. The van der Waals surface area contributed by atoms with Gasteiger partial charge in [0.05, 0.1) is 6.20 Å². The molecule has 19 heteroatoms. The number of anilines is 2. The monoisotopic (exact) mass is 649 g/mol. The Morgan fingerprint density at radius 1 is 1.37 bits per heavy atom. The van der Waals surface area contributed by atoms with Crippen LogP contribution in [-0.4, -0.2) is 84.2 Å². The molecule has 5 heterocycles. The lowest BCUT2D eigenvalue weighted by molar-refractivity contribution is -0.676. The maximum Gasteiger partial charge on any atom is 0.352 e. The number of carboxylic acid groups (broad SMARTS) is 2. The maximum atomic E-state index is 13.3. The second kappa shape index (κ2) is 11.7. The highest BCUT2D eigenvalue weighted by molar-refractivity contribution is 8.00. The number of aromatic nitrogens is 2. The Balaban J connectivity index is 1.36. The summed E-state index contributed by atoms with van der Waals surface area (Å²) in [6, 6.07) is 2.57. The SMILES string of the molecule is CC(C)(ON=C(C(=O)NC1C(=O)N2C(C(=O)O)=C(C[n+]3cccc4c3NC(NC=O)S4)CS[C@H]12)c1csc(N)n1)C(=O)O. The molecule has 5 rings (SSSR count). The van der Waals surface area contributed by atoms with Gasteiger partial charge in [-0.3, -0.25) is 19.3 Å². The molecule has 0 radical (unpaired) electrons. The number of nitrogens with two attached hydrogens (primary N) is 1. The number of amides is 3. The molecule has 1 fully saturated rings. The molecule has 226 valence electrons. The minimum Gasteiger partial charge on any atom is -0.478 e. The lowest BCUT2D eigenvalue weighted by atomic mass is 10.0. The summed E-state index contributed by atoms with van der Waals surface area (Å²) in [5.41, 5.74) is 3.46. The topological polar surface area (TPSA) is 230 Å². The van der Waals surface area contributed by atoms with Crippen LogP contribution in [0.1, 0.15) is 19.5 Å². The molecule has 3 amide bonds. The number of hydrogen-bond donors (Lipinski definition) is 6. The third-order valence-electron chi connectivity index (χ3n) is 6.52. The second-order valence-corrected chi connectivity index (χ2v) is 13.0. The summed E-state index contributed by atoms with van der Waals surface area (Å²) in [5.74, 6) is -3.20. The van der Waals surface area contributed by atoms with Crippen molar-refractivity contribution in [3.8, 4) is 0 Å². The van der Waals surface area contributed by atoms with Gasteiger partial charge in [-0.2, -0.15) is 0 Å². The van der Waals surface area contributed by atoms with E-state index < -0.39 is 46.5 Å². The number of aliphatic carboxylic acids is 2. The van der Waals surface area contributed by atoms with E-state index in [0.29, 0.717) is 17.8 Å². The second-order valence-electron chi connectivity index (χ2n) is 9.81. The quantitative estimate of drug-likeness (QED) is 0.0598. The Hall–Kier alpha value is -4.36. The number of nitrogen functional groups attached to an aromatic ring is 1. The summed E-state index contributed by atoms with van der Waals surface area (Å²) in [4.78, 5) is 72.4. The number of oxime groups is 1. The van der Waals surface area contributed by atoms with Gasteiger partial charge in [-0.05, 0) is 37.7 Å². The predicted molar refractivity (Wildman–Crippen MR) is 155 cm³/mol. The van der Waals surface area contributed by atoms with Gasteiger partial charge in [0.2, 0.25) is 17.5 Å². The Kier molecular flexibility index (Phi) is 8.21. The molecule has 3 aliphatic heterocycles. The van der Waals surface area contributed by atoms with Gasteiger partial charge in [0.1, 0.15) is 34.2 Å². The fraction of sp³-hybridized carbons (Fsp3) is 0.333. The normalized spacial score (nSPS) is 21.3. The van der Waals surface area contributed by atoms with E-state index in [9.17, 15) is 34.2 Å². The molecule has 2 aromatic rings. The largest absolute Gasteiger partial charge is 0.478 e. The van der Waals surface area contributed by atoms with Gasteiger partial charge in [-0.15, -0.1) is 23.1 Å². The first-order valence-corrected chi connectivity index (χ1v) is 15.3. The van der Waals surface area contributed by atoms with Gasteiger partial charge < -0.3 is 31.4 Å². The van der Waals surface area contributed by atoms with Crippen molar-refractivity contribution >= 4 is 81.7 Å². The van der Waals surface area contributed by atoms with Crippen LogP contribution < -0.4 is 26.3 Å². The van der Waals surface area contributed by atoms with E-state index in [4.69, 9.17) is 10.6 Å². The van der Waals surface area contributed by atoms with E-state index in [0.717, 1.165) is 21.1 Å². The molecular weight excluding hydrogens is 625 g/mol. The zero-order valence-electron chi connectivity index (χ0n) is 22.5. The van der Waals surface area contributed by atoms with E-state index in [1.165, 1.54) is 42.8 Å². The molecule has 0 saturated carbocycles. The lowest BCUT2D eigenvalue weighted by Gasteiger charge is -2.49. The van der Waals surface area contributed by atoms with Crippen molar-refractivity contribution in [2.45, 2.75) is 47.8 Å². The number of thiazole rings is 1. The number of β-lactam (4-membered cyclic amide) rings is 1. The van der Waals surface area contributed by atoms with Crippen LogP contribution in [0.5, 0.6) is 0 Å². The van der Waals surface area contributed by atoms with Gasteiger partial charge >= 0.3 is 11.9 Å². The molecule has 16 nitrogen and oxygen atoms in total. The smallest absolute Gasteiger partial charge is 0.352 e. The number of thioether (sulfide) groups is 2. The van der Waals surface area contributed by atoms with Crippen LogP contribution in [0, 0.1) is 0 Å². The molecule has 7 N–H and O–H groups in total. The Labute approximate surface area is 255 Å². The summed E-state index contributed by atoms with van der Waals surface area (Å²) in [6.07, 6.45) is 2.35. The summed E-state index contributed by atoms with van der Waals surface area (Å²) >= 11 is 3.69. The summed E-state index contributed by atoms with van der Waals surface area (Å²) in [7, 11) is 0. The molecule has 2 unspecified atom stereocenters. The van der Waals surface area contributed by atoms with Crippen LogP contribution in [0.3, 0.4) is 0 Å². The highest BCUT2D eigenvalue weighted by Gasteiger charge is 2.54. The molecule has 0 aliphatic carbocycles. The van der Waals surface area contributed by atoms with E-state index in [2.05, 4.69) is 26.1 Å². The number of carboxylic acids is 2. The first kappa shape index (κ1) is 30.1. The highest BCUT2D eigenvalue weighted by Crippen LogP contribution is 2.41. The van der Waals surface area contributed by atoms with Crippen LogP contribution in [0.15, 0.2) is 45.0 Å². The predicted octanol–water partition coefficient (Wildman–Crippen LogP) is -0.417. The zero-order valence-corrected chi connectivity index (χ0v) is 24.9. The minimum atomic E-state index is -1.77. The van der Waals surface area contributed by atoms with Gasteiger partial charge in [0.25, 0.3) is 17.6 Å². The molecule has 0 aromatic carbocycles. The standard InChI is InChI=1S/C24H24N8O8S3/c1-24(2,21(38)39)40-30-13(11-8-42-22(25)27-11)17(34)28-14-18(35)32-15(20(36)37)10(7-41-19(14)32)6-31-5-3-4-12-16(31)29-23(43-12)26-9-33/h3-5,8-9,14,19,23H,6-7H2,1-2H3,(H6,25,26,27,28,33,34,36,37,38,39)/p+1/t14?,19-,23?/m1/s1. The summed E-state index contributed by atoms with van der Waals surface area (Å²) in [6.45, 7) is 2.64. The number of rotatable bonds is 11. The summed E-state index contributed by atoms with van der Waals surface area (Å²) in [5, 5.41) is 32.4. The number of carbonyl (C=O) groups excluding carboxylic acids is 3. The molecule has 2 aromatic heterocycles. The molecule has 43 heavy (non-hydrogen) atoms. The number of nitrogens with zero attached hydrogens (tertiary/aromatic N) is 4. The van der Waals surface area contributed by atoms with Crippen LogP contribution >= 0.6 is 34.9 Å². The average Bonchev–Trinajstić information content (AvgIpc) is 3.57. The third kappa shape index (κ3) is 5.82. The molecule has 3 aliphatic rings. The van der Waals surface area contributed by atoms with Crippen molar-refractivity contribution in [1.29, 1.82) is 0 Å². The fourth-order valence-corrected chi connectivity index (χ4v) is 7.22. The van der Waals surface area contributed by atoms with E-state index in [-0.39, 0.29) is 34.3 Å². The van der Waals surface area contributed by atoms with Crippen LogP contribution in [0.2, 0.25) is 0 Å². The highest BCUT2D eigenvalue weighted by atomic mass is 32.2. The first-order valence-electron chi connectivity index (χ1n) is 12.5. The minimum absolute atomic E-state index is 0.0132. The van der Waals surface area contributed by atoms with E-state index in [1.807, 2.05) is 6.07 Å². The zero-order chi connectivity index (χ0) is 31.1. The number of nitrogens with one attached hydrogen (secondary N) is 3. The van der Waals surface area contributed by atoms with Gasteiger partial charge in [0.15, 0.2) is 10.8 Å². The average molecular weight is 650 g/mol. The van der Waals surface area contributed by atoms with Gasteiger partial charge in [-0.25, -0.2) is 24.5 Å².